The first-order valence-corrected chi connectivity index (χ1v) is 11.7. The maximum Gasteiger partial charge on any atom is 0.330 e. The van der Waals surface area contributed by atoms with Crippen molar-refractivity contribution in [2.75, 3.05) is 36.8 Å². The Bertz CT molecular complexity index is 1060. The monoisotopic (exact) mass is 459 g/mol. The number of benzene rings is 1. The number of halogens is 1. The Morgan fingerprint density at radius 3 is 2.45 bits per heavy atom. The molecule has 2 heterocycles. The van der Waals surface area contributed by atoms with Gasteiger partial charge in [-0.3, -0.25) is 24.0 Å². The maximum absolute atomic E-state index is 13.1. The number of aromatic amines is 1. The molecule has 2 aromatic rings. The van der Waals surface area contributed by atoms with Gasteiger partial charge in [0.15, 0.2) is 5.69 Å². The van der Waals surface area contributed by atoms with Gasteiger partial charge >= 0.3 is 5.69 Å². The Morgan fingerprint density at radius 2 is 1.85 bits per heavy atom. The third kappa shape index (κ3) is 6.10. The van der Waals surface area contributed by atoms with Crippen molar-refractivity contribution in [2.45, 2.75) is 52.5 Å². The number of carbonyl (C=O) groups excluding carboxylic acids is 1. The number of piperidine rings is 1. The fourth-order valence-corrected chi connectivity index (χ4v) is 4.41. The number of aromatic nitrogens is 2. The molecule has 1 amide bonds. The van der Waals surface area contributed by atoms with Gasteiger partial charge in [-0.1, -0.05) is 25.5 Å². The van der Waals surface area contributed by atoms with E-state index in [1.807, 2.05) is 19.1 Å². The van der Waals surface area contributed by atoms with E-state index in [2.05, 4.69) is 9.88 Å². The quantitative estimate of drug-likeness (QED) is 0.599. The number of nitrogen functional groups attached to an aromatic ring is 1. The smallest absolute Gasteiger partial charge is 0.330 e. The third-order valence-corrected chi connectivity index (χ3v) is 6.34. The predicted molar refractivity (Wildman–Crippen MR) is 128 cm³/mol. The molecule has 1 aromatic heterocycles. The number of nitrogens with one attached hydrogen (secondary N) is 1. The first kappa shape index (κ1) is 24.7. The van der Waals surface area contributed by atoms with E-state index in [-0.39, 0.29) is 36.3 Å². The highest BCUT2D eigenvalue weighted by Gasteiger charge is 2.26. The van der Waals surface area contributed by atoms with Gasteiger partial charge in [0.1, 0.15) is 11.6 Å². The van der Waals surface area contributed by atoms with Gasteiger partial charge < -0.3 is 10.6 Å². The molecule has 1 fully saturated rings. The summed E-state index contributed by atoms with van der Waals surface area (Å²) in [5, 5.41) is 0. The van der Waals surface area contributed by atoms with Gasteiger partial charge in [0, 0.05) is 13.1 Å². The van der Waals surface area contributed by atoms with Gasteiger partial charge in [-0.05, 0) is 69.3 Å². The second-order valence-corrected chi connectivity index (χ2v) is 8.69. The Labute approximate surface area is 193 Å². The number of nitrogens with two attached hydrogens (primary N) is 1. The number of carbonyl (C=O) groups is 1. The van der Waals surface area contributed by atoms with Crippen LogP contribution in [-0.2, 0) is 17.8 Å². The van der Waals surface area contributed by atoms with Gasteiger partial charge in [0.2, 0.25) is 5.91 Å². The summed E-state index contributed by atoms with van der Waals surface area (Å²) in [4.78, 5) is 43.6. The second-order valence-electron chi connectivity index (χ2n) is 8.69. The molecule has 0 saturated carbocycles. The molecule has 0 aliphatic carbocycles. The number of hydrogen-bond donors (Lipinski definition) is 2. The van der Waals surface area contributed by atoms with Crippen LogP contribution in [0.2, 0.25) is 0 Å². The number of likely N-dealkylation sites (tertiary alicyclic amines) is 1. The summed E-state index contributed by atoms with van der Waals surface area (Å²) in [7, 11) is 0. The number of likely N-dealkylation sites (N-methyl/N-ethyl adjacent to an activating group) is 1. The largest absolute Gasteiger partial charge is 0.383 e. The van der Waals surface area contributed by atoms with E-state index in [0.29, 0.717) is 12.5 Å². The third-order valence-electron chi connectivity index (χ3n) is 6.34. The van der Waals surface area contributed by atoms with E-state index in [1.54, 1.807) is 6.92 Å². The summed E-state index contributed by atoms with van der Waals surface area (Å²) in [6.07, 6.45) is 4.40. The molecule has 1 aliphatic rings. The minimum atomic E-state index is -0.640. The van der Waals surface area contributed by atoms with E-state index in [1.165, 1.54) is 21.6 Å². The molecule has 3 N–H and O–H groups in total. The normalized spacial score (nSPS) is 15.0. The topological polar surface area (TPSA) is 104 Å². The van der Waals surface area contributed by atoms with Crippen LogP contribution in [0.3, 0.4) is 0 Å². The van der Waals surface area contributed by atoms with E-state index >= 15 is 0 Å². The average Bonchev–Trinajstić information content (AvgIpc) is 2.79. The SMILES string of the molecule is CCCCn1c(N)c(N(CC)C(=O)CN2CCC(Cc3ccc(F)cc3)CC2)c(=O)[nH]c1=O. The van der Waals surface area contributed by atoms with Gasteiger partial charge in [0.25, 0.3) is 5.56 Å². The van der Waals surface area contributed by atoms with E-state index < -0.39 is 11.2 Å². The zero-order valence-electron chi connectivity index (χ0n) is 19.5. The molecule has 0 bridgehead atoms. The fraction of sp³-hybridized carbons (Fsp3) is 0.542. The molecule has 1 aromatic carbocycles. The van der Waals surface area contributed by atoms with Crippen LogP contribution in [0.15, 0.2) is 33.9 Å². The number of H-pyrrole nitrogens is 1. The van der Waals surface area contributed by atoms with Crippen LogP contribution in [0.25, 0.3) is 0 Å². The second kappa shape index (κ2) is 11.3. The first-order valence-electron chi connectivity index (χ1n) is 11.7. The van der Waals surface area contributed by atoms with Crippen molar-refractivity contribution in [3.05, 3.63) is 56.5 Å². The summed E-state index contributed by atoms with van der Waals surface area (Å²) >= 11 is 0. The van der Waals surface area contributed by atoms with Crippen LogP contribution in [-0.4, -0.2) is 46.5 Å². The van der Waals surface area contributed by atoms with Crippen LogP contribution in [0.1, 0.15) is 45.1 Å². The molecular weight excluding hydrogens is 425 g/mol. The molecule has 1 aliphatic heterocycles. The summed E-state index contributed by atoms with van der Waals surface area (Å²) in [6.45, 7) is 6.18. The van der Waals surface area contributed by atoms with Crippen LogP contribution >= 0.6 is 0 Å². The fourth-order valence-electron chi connectivity index (χ4n) is 4.41. The van der Waals surface area contributed by atoms with Crippen molar-refractivity contribution in [1.29, 1.82) is 0 Å². The highest BCUT2D eigenvalue weighted by Crippen LogP contribution is 2.23. The lowest BCUT2D eigenvalue weighted by molar-refractivity contribution is -0.120. The number of nitrogens with zero attached hydrogens (tertiary/aromatic N) is 3. The van der Waals surface area contributed by atoms with Gasteiger partial charge in [0.05, 0.1) is 6.54 Å². The zero-order valence-corrected chi connectivity index (χ0v) is 19.5. The zero-order chi connectivity index (χ0) is 24.0. The molecular formula is C24H34FN5O3. The van der Waals surface area contributed by atoms with Gasteiger partial charge in [-0.2, -0.15) is 0 Å². The molecule has 0 atom stereocenters. The van der Waals surface area contributed by atoms with Crippen molar-refractivity contribution < 1.29 is 9.18 Å². The summed E-state index contributed by atoms with van der Waals surface area (Å²) in [5.74, 6) is 0.0790. The van der Waals surface area contributed by atoms with E-state index in [0.717, 1.165) is 50.8 Å². The molecule has 8 nitrogen and oxygen atoms in total. The number of amides is 1. The Balaban J connectivity index is 1.64. The molecule has 0 unspecified atom stereocenters. The number of anilines is 2. The lowest BCUT2D eigenvalue weighted by Crippen LogP contribution is -2.46. The lowest BCUT2D eigenvalue weighted by atomic mass is 9.90. The lowest BCUT2D eigenvalue weighted by Gasteiger charge is -2.33. The van der Waals surface area contributed by atoms with Crippen LogP contribution in [0, 0.1) is 11.7 Å². The van der Waals surface area contributed by atoms with Crippen LogP contribution < -0.4 is 21.9 Å². The van der Waals surface area contributed by atoms with Crippen molar-refractivity contribution in [3.63, 3.8) is 0 Å². The highest BCUT2D eigenvalue weighted by atomic mass is 19.1. The van der Waals surface area contributed by atoms with Gasteiger partial charge in [-0.15, -0.1) is 0 Å². The van der Waals surface area contributed by atoms with Crippen LogP contribution in [0.5, 0.6) is 0 Å². The van der Waals surface area contributed by atoms with Gasteiger partial charge in [-0.25, -0.2) is 9.18 Å². The van der Waals surface area contributed by atoms with E-state index in [4.69, 9.17) is 5.73 Å². The van der Waals surface area contributed by atoms with Crippen molar-refractivity contribution in [1.82, 2.24) is 14.5 Å². The number of hydrogen-bond acceptors (Lipinski definition) is 5. The molecule has 1 saturated heterocycles. The van der Waals surface area contributed by atoms with Crippen molar-refractivity contribution in [3.8, 4) is 0 Å². The number of rotatable bonds is 9. The molecule has 0 spiro atoms. The molecule has 180 valence electrons. The molecule has 0 radical (unpaired) electrons. The first-order chi connectivity index (χ1) is 15.8. The molecule has 3 rings (SSSR count). The Morgan fingerprint density at radius 1 is 1.18 bits per heavy atom. The molecule has 33 heavy (non-hydrogen) atoms. The summed E-state index contributed by atoms with van der Waals surface area (Å²) in [5.41, 5.74) is 6.16. The predicted octanol–water partition coefficient (Wildman–Crippen LogP) is 2.37. The summed E-state index contributed by atoms with van der Waals surface area (Å²) in [6, 6.07) is 6.63. The average molecular weight is 460 g/mol. The minimum Gasteiger partial charge on any atom is -0.383 e. The standard InChI is InChI=1S/C24H34FN5O3/c1-3-5-12-30-22(26)21(23(32)27-24(30)33)29(4-2)20(31)16-28-13-10-18(11-14-28)15-17-6-8-19(25)9-7-17/h6-9,18H,3-5,10-16,26H2,1-2H3,(H,27,32,33). The minimum absolute atomic E-state index is 0.0328. The van der Waals surface area contributed by atoms with Crippen LogP contribution in [0.4, 0.5) is 15.9 Å². The van der Waals surface area contributed by atoms with Crippen molar-refractivity contribution in [2.24, 2.45) is 5.92 Å². The Kier molecular flexibility index (Phi) is 8.43. The van der Waals surface area contributed by atoms with Crippen molar-refractivity contribution >= 4 is 17.4 Å². The Hall–Kier alpha value is -2.94. The number of unbranched alkanes of at least 4 members (excludes halogenated alkanes) is 1. The molecule has 9 heteroatoms. The highest BCUT2D eigenvalue weighted by molar-refractivity contribution is 5.96. The van der Waals surface area contributed by atoms with E-state index in [9.17, 15) is 18.8 Å². The maximum atomic E-state index is 13.1. The summed E-state index contributed by atoms with van der Waals surface area (Å²) < 4.78 is 14.4.